The number of imidazole rings is 1. The molecule has 21 heteroatoms. The van der Waals surface area contributed by atoms with Gasteiger partial charge in [0, 0.05) is 51.5 Å². The number of nitrogens with zero attached hydrogens (tertiary/aromatic N) is 3. The Morgan fingerprint density at radius 1 is 0.575 bits per heavy atom. The second kappa shape index (κ2) is 25.3. The summed E-state index contributed by atoms with van der Waals surface area (Å²) in [5, 5.41) is 27.2. The molecule has 8 atom stereocenters. The predicted molar refractivity (Wildman–Crippen MR) is 269 cm³/mol. The van der Waals surface area contributed by atoms with Gasteiger partial charge in [0.05, 0.1) is 12.0 Å². The summed E-state index contributed by atoms with van der Waals surface area (Å²) >= 11 is 0. The molecule has 7 rings (SSSR count). The summed E-state index contributed by atoms with van der Waals surface area (Å²) in [5.74, 6) is -5.51. The van der Waals surface area contributed by atoms with Gasteiger partial charge in [0.25, 0.3) is 0 Å². The van der Waals surface area contributed by atoms with Crippen molar-refractivity contribution in [3.63, 3.8) is 0 Å². The lowest BCUT2D eigenvalue weighted by Gasteiger charge is -2.34. The first-order valence-electron chi connectivity index (χ1n) is 24.8. The van der Waals surface area contributed by atoms with Gasteiger partial charge in [-0.05, 0) is 62.1 Å². The number of hydrogen-bond acceptors (Lipinski definition) is 10. The van der Waals surface area contributed by atoms with Crippen molar-refractivity contribution < 1.29 is 38.4 Å². The van der Waals surface area contributed by atoms with Gasteiger partial charge >= 0.3 is 0 Å². The molecule has 4 heterocycles. The molecule has 21 nitrogen and oxygen atoms in total. The van der Waals surface area contributed by atoms with E-state index in [1.165, 1.54) is 23.1 Å². The van der Waals surface area contributed by atoms with E-state index in [0.29, 0.717) is 36.1 Å². The molecule has 3 saturated heterocycles. The van der Waals surface area contributed by atoms with E-state index in [9.17, 15) is 38.4 Å². The van der Waals surface area contributed by atoms with Crippen molar-refractivity contribution in [2.24, 2.45) is 5.73 Å². The summed E-state index contributed by atoms with van der Waals surface area (Å²) in [6, 6.07) is 17.3. The highest BCUT2D eigenvalue weighted by Gasteiger charge is 2.44. The van der Waals surface area contributed by atoms with Gasteiger partial charge in [0.1, 0.15) is 48.3 Å². The minimum absolute atomic E-state index is 0.0253. The number of fused-ring (bicyclic) bond motifs is 2. The Balaban J connectivity index is 1.26. The first-order valence-corrected chi connectivity index (χ1v) is 24.8. The molecule has 0 spiro atoms. The van der Waals surface area contributed by atoms with E-state index < -0.39 is 95.6 Å². The van der Waals surface area contributed by atoms with E-state index >= 15 is 0 Å². The highest BCUT2D eigenvalue weighted by atomic mass is 16.2. The normalized spacial score (nSPS) is 24.9. The van der Waals surface area contributed by atoms with Crippen LogP contribution in [0.25, 0.3) is 0 Å². The molecule has 386 valence electrons. The molecule has 11 N–H and O–H groups in total. The Bertz CT molecular complexity index is 2570. The monoisotopic (exact) mass is 1000 g/mol. The molecule has 1 aromatic heterocycles. The number of aromatic nitrogens is 2. The molecular weight excluding hydrogens is 935 g/mol. The first kappa shape index (κ1) is 52.7. The number of rotatable bonds is 12. The molecule has 4 aromatic rings. The Kier molecular flexibility index (Phi) is 18.3. The Morgan fingerprint density at radius 2 is 1.03 bits per heavy atom. The molecule has 3 aliphatic rings. The van der Waals surface area contributed by atoms with Crippen molar-refractivity contribution in [2.75, 3.05) is 19.6 Å². The highest BCUT2D eigenvalue weighted by Crippen LogP contribution is 2.26. The van der Waals surface area contributed by atoms with Gasteiger partial charge in [-0.15, -0.1) is 0 Å². The zero-order valence-corrected chi connectivity index (χ0v) is 40.8. The quantitative estimate of drug-likeness (QED) is 0.0507. The van der Waals surface area contributed by atoms with Crippen LogP contribution in [0, 0.1) is 5.41 Å². The Morgan fingerprint density at radius 3 is 1.55 bits per heavy atom. The van der Waals surface area contributed by atoms with Crippen molar-refractivity contribution in [2.45, 2.75) is 119 Å². The number of amides is 8. The van der Waals surface area contributed by atoms with Gasteiger partial charge < -0.3 is 57.7 Å². The van der Waals surface area contributed by atoms with Gasteiger partial charge in [-0.25, -0.2) is 4.98 Å². The van der Waals surface area contributed by atoms with E-state index in [1.54, 1.807) is 79.0 Å². The molecule has 3 aromatic carbocycles. The van der Waals surface area contributed by atoms with Crippen molar-refractivity contribution >= 4 is 53.2 Å². The number of hydrogen-bond donors (Lipinski definition) is 10. The standard InChI is InChI=1S/C52H65N13O8/c1-32-44(66)63-41(28-35-18-9-4-10-19-35)50(72)65-25-13-22-43(65)51(73)64-24-12-21-42(64)49(71)59-37(20-11-23-56-52(53)54)45(67)60-38(26-33-14-5-2-6-15-33)47(69)61-39(27-34-16-7-3-8-17-34)48(70)62-40(46(68)58-32)29-36-30-55-31-57-36/h2-10,14-19,30-32,37-43H,11-13,20-29H2,1H3,(H,55,57)(H,58,68)(H,59,71)(H,60,67)(H,61,69)(H,62,70)(H,63,66)(H4,53,54,56)/t32-,37-,38-,39-,40-,41-,42-,43+/m0/s1. The number of nitrogens with one attached hydrogen (secondary N) is 9. The van der Waals surface area contributed by atoms with Crippen LogP contribution in [0.3, 0.4) is 0 Å². The SMILES string of the molecule is C[C@@H]1NC(=O)[C@H](Cc2c[nH]cn2)NC(=O)[C@H](Cc2ccccc2)NC(=O)[C@H](Cc2ccccc2)NC(=O)[C@H](CCCNC(=N)N)NC(=O)[C@@H]2CCCN2C(=O)[C@H]2CCCN2C(=O)[C@H](Cc2ccccc2)NC1=O. The Labute approximate surface area is 423 Å². The van der Waals surface area contributed by atoms with Gasteiger partial charge in [-0.3, -0.25) is 43.8 Å². The molecule has 0 bridgehead atoms. The second-order valence-corrected chi connectivity index (χ2v) is 18.7. The number of carbonyl (C=O) groups is 8. The summed E-state index contributed by atoms with van der Waals surface area (Å²) in [4.78, 5) is 126. The lowest BCUT2D eigenvalue weighted by molar-refractivity contribution is -0.148. The third-order valence-corrected chi connectivity index (χ3v) is 13.4. The topological polar surface area (TPSA) is 306 Å². The number of benzene rings is 3. The smallest absolute Gasteiger partial charge is 0.246 e. The summed E-state index contributed by atoms with van der Waals surface area (Å²) < 4.78 is 0. The summed E-state index contributed by atoms with van der Waals surface area (Å²) in [5.41, 5.74) is 8.01. The molecule has 0 radical (unpaired) electrons. The third-order valence-electron chi connectivity index (χ3n) is 13.4. The molecule has 0 aliphatic carbocycles. The van der Waals surface area contributed by atoms with Crippen LogP contribution in [0.15, 0.2) is 104 Å². The Hall–Kier alpha value is -8.10. The average molecular weight is 1000 g/mol. The maximum absolute atomic E-state index is 14.7. The van der Waals surface area contributed by atoms with Crippen molar-refractivity contribution in [1.29, 1.82) is 5.41 Å². The van der Waals surface area contributed by atoms with Crippen LogP contribution < -0.4 is 43.0 Å². The summed E-state index contributed by atoms with van der Waals surface area (Å²) in [6.07, 6.45) is 4.67. The van der Waals surface area contributed by atoms with Crippen molar-refractivity contribution in [3.05, 3.63) is 126 Å². The zero-order valence-electron chi connectivity index (χ0n) is 40.8. The lowest BCUT2D eigenvalue weighted by atomic mass is 10.0. The molecule has 73 heavy (non-hydrogen) atoms. The van der Waals surface area contributed by atoms with E-state index in [4.69, 9.17) is 11.1 Å². The molecule has 8 amide bonds. The second-order valence-electron chi connectivity index (χ2n) is 18.7. The van der Waals surface area contributed by atoms with Crippen LogP contribution in [0.5, 0.6) is 0 Å². The molecule has 0 saturated carbocycles. The van der Waals surface area contributed by atoms with Crippen LogP contribution in [0.1, 0.15) is 67.8 Å². The first-order chi connectivity index (χ1) is 35.2. The molecule has 0 unspecified atom stereocenters. The minimum atomic E-state index is -1.33. The van der Waals surface area contributed by atoms with E-state index in [1.807, 2.05) is 18.2 Å². The number of guanidine groups is 1. The number of aromatic amines is 1. The number of nitrogens with two attached hydrogens (primary N) is 1. The fourth-order valence-corrected chi connectivity index (χ4v) is 9.53. The van der Waals surface area contributed by atoms with Crippen LogP contribution in [-0.4, -0.2) is 141 Å². The predicted octanol–water partition coefficient (Wildman–Crippen LogP) is -0.132. The molecule has 3 aliphatic heterocycles. The number of carbonyl (C=O) groups excluding carboxylic acids is 8. The van der Waals surface area contributed by atoms with Crippen LogP contribution >= 0.6 is 0 Å². The lowest BCUT2D eigenvalue weighted by Crippen LogP contribution is -2.61. The van der Waals surface area contributed by atoms with Gasteiger partial charge in [-0.1, -0.05) is 91.0 Å². The largest absolute Gasteiger partial charge is 0.370 e. The maximum Gasteiger partial charge on any atom is 0.246 e. The fourth-order valence-electron chi connectivity index (χ4n) is 9.53. The van der Waals surface area contributed by atoms with Gasteiger partial charge in [0.15, 0.2) is 5.96 Å². The van der Waals surface area contributed by atoms with Gasteiger partial charge in [-0.2, -0.15) is 0 Å². The van der Waals surface area contributed by atoms with E-state index in [-0.39, 0.29) is 70.5 Å². The van der Waals surface area contributed by atoms with Crippen LogP contribution in [-0.2, 0) is 64.0 Å². The average Bonchev–Trinajstić information content (AvgIpc) is 4.21. The van der Waals surface area contributed by atoms with E-state index in [0.717, 1.165) is 5.56 Å². The third kappa shape index (κ3) is 14.5. The highest BCUT2D eigenvalue weighted by molar-refractivity contribution is 5.99. The fraction of sp³-hybridized carbons (Fsp3) is 0.423. The van der Waals surface area contributed by atoms with Crippen molar-refractivity contribution in [3.8, 4) is 0 Å². The molecular formula is C52H65N13O8. The van der Waals surface area contributed by atoms with Crippen molar-refractivity contribution in [1.82, 2.24) is 57.0 Å². The zero-order chi connectivity index (χ0) is 51.9. The molecule has 3 fully saturated rings. The minimum Gasteiger partial charge on any atom is -0.370 e. The maximum atomic E-state index is 14.7. The van der Waals surface area contributed by atoms with E-state index in [2.05, 4.69) is 47.2 Å². The van der Waals surface area contributed by atoms with Crippen LogP contribution in [0.2, 0.25) is 0 Å². The number of H-pyrrole nitrogens is 1. The summed E-state index contributed by atoms with van der Waals surface area (Å²) in [7, 11) is 0. The summed E-state index contributed by atoms with van der Waals surface area (Å²) in [6.45, 7) is 2.06. The van der Waals surface area contributed by atoms with Crippen LogP contribution in [0.4, 0.5) is 0 Å². The van der Waals surface area contributed by atoms with Gasteiger partial charge in [0.2, 0.25) is 47.3 Å².